The fourth-order valence-electron chi connectivity index (χ4n) is 1.70. The molecule has 0 aromatic heterocycles. The van der Waals surface area contributed by atoms with Gasteiger partial charge < -0.3 is 4.74 Å². The van der Waals surface area contributed by atoms with Gasteiger partial charge >= 0.3 is 0 Å². The average molecular weight is 260 g/mol. The molecule has 0 saturated carbocycles. The Labute approximate surface area is 114 Å². The second-order valence-corrected chi connectivity index (χ2v) is 5.50. The van der Waals surface area contributed by atoms with Gasteiger partial charge in [-0.3, -0.25) is 0 Å². The normalized spacial score (nSPS) is 17.5. The van der Waals surface area contributed by atoms with Crippen molar-refractivity contribution in [2.24, 2.45) is 0 Å². The predicted molar refractivity (Wildman–Crippen MR) is 81.1 cm³/mol. The lowest BCUT2D eigenvalue weighted by molar-refractivity contribution is 0.423. The first-order chi connectivity index (χ1) is 8.31. The fraction of sp³-hybridized carbons (Fsp3) is 1.00. The van der Waals surface area contributed by atoms with Crippen molar-refractivity contribution in [2.75, 3.05) is 12.4 Å². The van der Waals surface area contributed by atoms with Crippen molar-refractivity contribution >= 4 is 12.6 Å². The van der Waals surface area contributed by atoms with Crippen LogP contribution in [0.1, 0.15) is 78.1 Å². The van der Waals surface area contributed by atoms with Crippen molar-refractivity contribution in [1.82, 2.24) is 0 Å². The van der Waals surface area contributed by atoms with Crippen molar-refractivity contribution < 1.29 is 4.74 Å². The van der Waals surface area contributed by atoms with Crippen molar-refractivity contribution in [3.63, 3.8) is 0 Å². The van der Waals surface area contributed by atoms with E-state index in [1.807, 2.05) is 0 Å². The maximum Gasteiger partial charge on any atom is 0.0781 e. The molecule has 1 aliphatic heterocycles. The van der Waals surface area contributed by atoms with E-state index in [0.29, 0.717) is 6.10 Å². The zero-order valence-electron chi connectivity index (χ0n) is 11.9. The van der Waals surface area contributed by atoms with Crippen LogP contribution in [-0.2, 0) is 4.74 Å². The Morgan fingerprint density at radius 1 is 0.882 bits per heavy atom. The molecule has 0 radical (unpaired) electrons. The largest absolute Gasteiger partial charge is 0.373 e. The monoisotopic (exact) mass is 260 g/mol. The smallest absolute Gasteiger partial charge is 0.0781 e. The number of rotatable bonds is 10. The summed E-state index contributed by atoms with van der Waals surface area (Å²) in [5.41, 5.74) is 0. The topological polar surface area (TPSA) is 12.5 Å². The second kappa shape index (κ2) is 14.4. The lowest BCUT2D eigenvalue weighted by Crippen LogP contribution is -1.81. The minimum absolute atomic E-state index is 0.583. The van der Waals surface area contributed by atoms with Crippen molar-refractivity contribution in [1.29, 1.82) is 0 Å². The Kier molecular flexibility index (Phi) is 14.6. The average Bonchev–Trinajstić information content (AvgIpc) is 3.11. The summed E-state index contributed by atoms with van der Waals surface area (Å²) in [6.45, 7) is 5.32. The molecule has 1 heterocycles. The molecule has 0 aromatic rings. The van der Waals surface area contributed by atoms with Crippen LogP contribution in [0.2, 0.25) is 0 Å². The molecule has 1 nitrogen and oxygen atoms in total. The van der Waals surface area contributed by atoms with E-state index in [4.69, 9.17) is 4.74 Å². The van der Waals surface area contributed by atoms with Gasteiger partial charge in [0, 0.05) is 0 Å². The van der Waals surface area contributed by atoms with E-state index in [9.17, 15) is 0 Å². The molecular formula is C15H32OS. The second-order valence-electron chi connectivity index (χ2n) is 5.05. The Hall–Kier alpha value is 0.310. The molecule has 0 amide bonds. The summed E-state index contributed by atoms with van der Waals surface area (Å²) in [7, 11) is 0. The standard InChI is InChI=1S/C12H26S.C3H6O/c1-2-3-4-5-6-7-8-9-10-11-12-13;1-3-2-4-3/h13H,2-12H2,1H3;3H,2H2,1H3. The van der Waals surface area contributed by atoms with Gasteiger partial charge in [-0.1, -0.05) is 64.7 Å². The molecule has 0 bridgehead atoms. The Bertz CT molecular complexity index is 125. The SMILES string of the molecule is CC1CO1.CCCCCCCCCCCCS. The maximum atomic E-state index is 4.71. The van der Waals surface area contributed by atoms with Crippen molar-refractivity contribution in [2.45, 2.75) is 84.2 Å². The Morgan fingerprint density at radius 3 is 1.53 bits per heavy atom. The maximum absolute atomic E-state index is 4.71. The summed E-state index contributed by atoms with van der Waals surface area (Å²) in [6, 6.07) is 0. The van der Waals surface area contributed by atoms with Gasteiger partial charge in [0.15, 0.2) is 0 Å². The molecule has 1 unspecified atom stereocenters. The molecule has 1 rings (SSSR count). The van der Waals surface area contributed by atoms with Gasteiger partial charge in [-0.15, -0.1) is 0 Å². The van der Waals surface area contributed by atoms with Crippen molar-refractivity contribution in [3.05, 3.63) is 0 Å². The van der Waals surface area contributed by atoms with Crippen molar-refractivity contribution in [3.8, 4) is 0 Å². The summed E-state index contributed by atoms with van der Waals surface area (Å²) >= 11 is 4.20. The van der Waals surface area contributed by atoms with E-state index >= 15 is 0 Å². The van der Waals surface area contributed by atoms with Crippen LogP contribution in [0.25, 0.3) is 0 Å². The predicted octanol–water partition coefficient (Wildman–Crippen LogP) is 5.24. The van der Waals surface area contributed by atoms with Crippen LogP contribution in [0.15, 0.2) is 0 Å². The third-order valence-corrected chi connectivity index (χ3v) is 3.33. The lowest BCUT2D eigenvalue weighted by Gasteiger charge is -2.00. The first-order valence-corrected chi connectivity index (χ1v) is 8.17. The van der Waals surface area contributed by atoms with E-state index < -0.39 is 0 Å². The Balaban J connectivity index is 0.000000529. The van der Waals surface area contributed by atoms with Gasteiger partial charge in [0.1, 0.15) is 0 Å². The first-order valence-electron chi connectivity index (χ1n) is 7.53. The van der Waals surface area contributed by atoms with E-state index in [1.165, 1.54) is 64.2 Å². The molecule has 0 aliphatic carbocycles. The summed E-state index contributed by atoms with van der Waals surface area (Å²) < 4.78 is 4.71. The number of unbranched alkanes of at least 4 members (excludes halogenated alkanes) is 9. The number of hydrogen-bond acceptors (Lipinski definition) is 2. The number of thiol groups is 1. The molecule has 1 aliphatic rings. The van der Waals surface area contributed by atoms with Gasteiger partial charge in [-0.2, -0.15) is 12.6 Å². The molecule has 1 saturated heterocycles. The van der Waals surface area contributed by atoms with Crippen LogP contribution in [0.3, 0.4) is 0 Å². The van der Waals surface area contributed by atoms with Crippen LogP contribution in [0.4, 0.5) is 0 Å². The molecular weight excluding hydrogens is 228 g/mol. The van der Waals surface area contributed by atoms with Crippen LogP contribution in [0.5, 0.6) is 0 Å². The summed E-state index contributed by atoms with van der Waals surface area (Å²) in [6.07, 6.45) is 14.8. The molecule has 0 aromatic carbocycles. The highest BCUT2D eigenvalue weighted by molar-refractivity contribution is 7.80. The van der Waals surface area contributed by atoms with Crippen LogP contribution in [0, 0.1) is 0 Å². The molecule has 104 valence electrons. The molecule has 1 fully saturated rings. The van der Waals surface area contributed by atoms with Gasteiger partial charge in [0.25, 0.3) is 0 Å². The molecule has 1 atom stereocenters. The minimum atomic E-state index is 0.583. The molecule has 17 heavy (non-hydrogen) atoms. The first kappa shape index (κ1) is 17.3. The Morgan fingerprint density at radius 2 is 1.24 bits per heavy atom. The number of ether oxygens (including phenoxy) is 1. The summed E-state index contributed by atoms with van der Waals surface area (Å²) in [4.78, 5) is 0. The highest BCUT2D eigenvalue weighted by Gasteiger charge is 2.13. The van der Waals surface area contributed by atoms with E-state index in [1.54, 1.807) is 0 Å². The molecule has 0 N–H and O–H groups in total. The highest BCUT2D eigenvalue weighted by atomic mass is 32.1. The molecule has 2 heteroatoms. The van der Waals surface area contributed by atoms with E-state index in [-0.39, 0.29) is 0 Å². The third kappa shape index (κ3) is 18.9. The van der Waals surface area contributed by atoms with Crippen LogP contribution in [-0.4, -0.2) is 18.5 Å². The highest BCUT2D eigenvalue weighted by Crippen LogP contribution is 2.10. The van der Waals surface area contributed by atoms with Gasteiger partial charge in [0.2, 0.25) is 0 Å². The summed E-state index contributed by atoms with van der Waals surface area (Å²) in [5.74, 6) is 1.07. The van der Waals surface area contributed by atoms with Gasteiger partial charge in [0.05, 0.1) is 12.7 Å². The number of hydrogen-bond donors (Lipinski definition) is 1. The zero-order valence-corrected chi connectivity index (χ0v) is 12.8. The van der Waals surface area contributed by atoms with E-state index in [2.05, 4.69) is 26.5 Å². The fourth-order valence-corrected chi connectivity index (χ4v) is 1.92. The zero-order chi connectivity index (χ0) is 12.8. The van der Waals surface area contributed by atoms with E-state index in [0.717, 1.165) is 12.4 Å². The van der Waals surface area contributed by atoms with Gasteiger partial charge in [-0.25, -0.2) is 0 Å². The third-order valence-electron chi connectivity index (χ3n) is 3.01. The number of epoxide rings is 1. The molecule has 0 spiro atoms. The van der Waals surface area contributed by atoms with Crippen LogP contribution >= 0.6 is 12.6 Å². The summed E-state index contributed by atoms with van der Waals surface area (Å²) in [5, 5.41) is 0. The lowest BCUT2D eigenvalue weighted by atomic mass is 10.1. The van der Waals surface area contributed by atoms with Crippen LogP contribution < -0.4 is 0 Å². The van der Waals surface area contributed by atoms with Gasteiger partial charge in [-0.05, 0) is 19.1 Å². The quantitative estimate of drug-likeness (QED) is 0.322. The minimum Gasteiger partial charge on any atom is -0.373 e.